The van der Waals surface area contributed by atoms with Gasteiger partial charge in [0.1, 0.15) is 17.5 Å². The Balaban J connectivity index is 1.73. The third-order valence-corrected chi connectivity index (χ3v) is 8.59. The van der Waals surface area contributed by atoms with Crippen LogP contribution in [0.1, 0.15) is 21.5 Å². The molecule has 0 fully saturated rings. The van der Waals surface area contributed by atoms with Gasteiger partial charge in [-0.05, 0) is 29.8 Å². The van der Waals surface area contributed by atoms with Crippen LogP contribution in [0.4, 0.5) is 0 Å². The van der Waals surface area contributed by atoms with Gasteiger partial charge in [0.15, 0.2) is 0 Å². The average Bonchev–Trinajstić information content (AvgIpc) is 3.08. The van der Waals surface area contributed by atoms with Gasteiger partial charge in [0, 0.05) is 35.6 Å². The summed E-state index contributed by atoms with van der Waals surface area (Å²) in [6.45, 7) is -0.975. The predicted molar refractivity (Wildman–Crippen MR) is 140 cm³/mol. The highest BCUT2D eigenvalue weighted by Gasteiger charge is 2.43. The first-order valence-electron chi connectivity index (χ1n) is 11.3. The first-order valence-corrected chi connectivity index (χ1v) is 13.5. The van der Waals surface area contributed by atoms with E-state index in [4.69, 9.17) is 23.2 Å². The molecule has 1 aliphatic rings. The number of benzene rings is 3. The van der Waals surface area contributed by atoms with Crippen LogP contribution in [0.2, 0.25) is 10.0 Å². The fourth-order valence-corrected chi connectivity index (χ4v) is 6.21. The van der Waals surface area contributed by atoms with Gasteiger partial charge in [0.2, 0.25) is 11.8 Å². The quantitative estimate of drug-likeness (QED) is 0.454. The largest absolute Gasteiger partial charge is 0.357 e. The topological polar surface area (TPSA) is 104 Å². The van der Waals surface area contributed by atoms with Crippen molar-refractivity contribution in [1.29, 1.82) is 0 Å². The molecule has 0 saturated heterocycles. The normalized spacial score (nSPS) is 14.7. The number of carbonyl (C=O) groups is 3. The number of nitrogens with one attached hydrogen (secondary N) is 1. The SMILES string of the molecule is CNC(=O)C(Cc1ccccc1)N(Cc1c(Cl)cccc1Cl)C(=O)CN1C(=O)c2ccccc2S1(=O)=O. The van der Waals surface area contributed by atoms with E-state index in [-0.39, 0.29) is 33.5 Å². The maximum absolute atomic E-state index is 13.8. The highest BCUT2D eigenvalue weighted by atomic mass is 35.5. The Kier molecular flexibility index (Phi) is 7.87. The van der Waals surface area contributed by atoms with E-state index in [1.807, 2.05) is 18.2 Å². The second-order valence-corrected chi connectivity index (χ2v) is 11.0. The summed E-state index contributed by atoms with van der Waals surface area (Å²) in [5.74, 6) is -2.04. The molecule has 3 aromatic carbocycles. The van der Waals surface area contributed by atoms with Gasteiger partial charge in [0.25, 0.3) is 15.9 Å². The lowest BCUT2D eigenvalue weighted by Gasteiger charge is -2.32. The van der Waals surface area contributed by atoms with Crippen molar-refractivity contribution >= 4 is 50.9 Å². The summed E-state index contributed by atoms with van der Waals surface area (Å²) in [6, 6.07) is 18.6. The minimum Gasteiger partial charge on any atom is -0.357 e. The molecule has 37 heavy (non-hydrogen) atoms. The van der Waals surface area contributed by atoms with Gasteiger partial charge in [-0.25, -0.2) is 12.7 Å². The van der Waals surface area contributed by atoms with E-state index in [0.29, 0.717) is 9.87 Å². The van der Waals surface area contributed by atoms with E-state index < -0.39 is 40.3 Å². The Morgan fingerprint density at radius 1 is 0.946 bits per heavy atom. The molecular formula is C26H23Cl2N3O5S. The fraction of sp³-hybridized carbons (Fsp3) is 0.192. The summed E-state index contributed by atoms with van der Waals surface area (Å²) < 4.78 is 26.7. The Bertz CT molecular complexity index is 1440. The zero-order chi connectivity index (χ0) is 26.7. The summed E-state index contributed by atoms with van der Waals surface area (Å²) >= 11 is 12.7. The molecule has 8 nitrogen and oxygen atoms in total. The van der Waals surface area contributed by atoms with Crippen LogP contribution in [-0.4, -0.2) is 55.0 Å². The lowest BCUT2D eigenvalue weighted by Crippen LogP contribution is -2.52. The van der Waals surface area contributed by atoms with Gasteiger partial charge in [-0.2, -0.15) is 0 Å². The molecule has 0 aromatic heterocycles. The van der Waals surface area contributed by atoms with E-state index in [1.54, 1.807) is 36.4 Å². The van der Waals surface area contributed by atoms with Crippen molar-refractivity contribution in [3.8, 4) is 0 Å². The first-order chi connectivity index (χ1) is 17.6. The minimum atomic E-state index is -4.24. The standard InChI is InChI=1S/C26H23Cl2N3O5S/c1-29-25(33)22(14-17-8-3-2-4-9-17)30(15-19-20(27)11-7-12-21(19)28)24(32)16-31-26(34)18-10-5-6-13-23(18)37(31,35)36/h2-13,22H,14-16H2,1H3,(H,29,33). The number of sulfonamides is 1. The highest BCUT2D eigenvalue weighted by Crippen LogP contribution is 2.31. The molecule has 0 saturated carbocycles. The number of hydrogen-bond acceptors (Lipinski definition) is 5. The lowest BCUT2D eigenvalue weighted by molar-refractivity contribution is -0.140. The Morgan fingerprint density at radius 2 is 1.57 bits per heavy atom. The molecule has 1 atom stereocenters. The van der Waals surface area contributed by atoms with Crippen LogP contribution in [0.15, 0.2) is 77.7 Å². The van der Waals surface area contributed by atoms with Gasteiger partial charge >= 0.3 is 0 Å². The molecular weight excluding hydrogens is 537 g/mol. The molecule has 1 N–H and O–H groups in total. The Hall–Kier alpha value is -3.40. The molecule has 0 aliphatic carbocycles. The molecule has 0 bridgehead atoms. The van der Waals surface area contributed by atoms with Crippen molar-refractivity contribution < 1.29 is 22.8 Å². The van der Waals surface area contributed by atoms with Gasteiger partial charge in [-0.1, -0.05) is 71.7 Å². The van der Waals surface area contributed by atoms with Crippen molar-refractivity contribution in [3.63, 3.8) is 0 Å². The number of likely N-dealkylation sites (N-methyl/N-ethyl adjacent to an activating group) is 1. The van der Waals surface area contributed by atoms with Gasteiger partial charge in [-0.3, -0.25) is 14.4 Å². The van der Waals surface area contributed by atoms with E-state index in [2.05, 4.69) is 5.32 Å². The van der Waals surface area contributed by atoms with Crippen molar-refractivity contribution in [2.75, 3.05) is 13.6 Å². The zero-order valence-electron chi connectivity index (χ0n) is 19.7. The Labute approximate surface area is 224 Å². The Morgan fingerprint density at radius 3 is 2.19 bits per heavy atom. The van der Waals surface area contributed by atoms with Crippen molar-refractivity contribution in [2.24, 2.45) is 0 Å². The van der Waals surface area contributed by atoms with Crippen LogP contribution in [-0.2, 0) is 32.6 Å². The third-order valence-electron chi connectivity index (χ3n) is 6.10. The molecule has 1 unspecified atom stereocenters. The predicted octanol–water partition coefficient (Wildman–Crippen LogP) is 3.52. The summed E-state index contributed by atoms with van der Waals surface area (Å²) in [5.41, 5.74) is 1.15. The molecule has 3 aromatic rings. The second-order valence-electron chi connectivity index (χ2n) is 8.35. The number of nitrogens with zero attached hydrogens (tertiary/aromatic N) is 2. The van der Waals surface area contributed by atoms with E-state index in [1.165, 1.54) is 30.1 Å². The van der Waals surface area contributed by atoms with Crippen molar-refractivity contribution in [2.45, 2.75) is 23.9 Å². The van der Waals surface area contributed by atoms with E-state index >= 15 is 0 Å². The molecule has 3 amide bonds. The molecule has 1 aliphatic heterocycles. The molecule has 0 spiro atoms. The molecule has 192 valence electrons. The minimum absolute atomic E-state index is 0.0110. The smallest absolute Gasteiger partial charge is 0.269 e. The maximum Gasteiger partial charge on any atom is 0.269 e. The maximum atomic E-state index is 13.8. The van der Waals surface area contributed by atoms with Gasteiger partial charge < -0.3 is 10.2 Å². The lowest BCUT2D eigenvalue weighted by atomic mass is 10.0. The summed E-state index contributed by atoms with van der Waals surface area (Å²) in [4.78, 5) is 40.8. The van der Waals surface area contributed by atoms with Crippen LogP contribution >= 0.6 is 23.2 Å². The molecule has 1 heterocycles. The molecule has 11 heteroatoms. The number of amides is 3. The average molecular weight is 560 g/mol. The zero-order valence-corrected chi connectivity index (χ0v) is 22.1. The monoisotopic (exact) mass is 559 g/mol. The van der Waals surface area contributed by atoms with Crippen molar-refractivity contribution in [1.82, 2.24) is 14.5 Å². The first kappa shape index (κ1) is 26.7. The van der Waals surface area contributed by atoms with Crippen LogP contribution in [0.5, 0.6) is 0 Å². The number of fused-ring (bicyclic) bond motifs is 1. The van der Waals surface area contributed by atoms with Gasteiger partial charge in [-0.15, -0.1) is 0 Å². The number of carbonyl (C=O) groups excluding carboxylic acids is 3. The molecule has 0 radical (unpaired) electrons. The second kappa shape index (κ2) is 10.9. The summed E-state index contributed by atoms with van der Waals surface area (Å²) in [7, 11) is -2.80. The van der Waals surface area contributed by atoms with Crippen LogP contribution in [0, 0.1) is 0 Å². The number of hydrogen-bond donors (Lipinski definition) is 1. The summed E-state index contributed by atoms with van der Waals surface area (Å²) in [5, 5.41) is 3.12. The van der Waals surface area contributed by atoms with E-state index in [0.717, 1.165) is 5.56 Å². The van der Waals surface area contributed by atoms with Gasteiger partial charge in [0.05, 0.1) is 5.56 Å². The van der Waals surface area contributed by atoms with Crippen LogP contribution in [0.25, 0.3) is 0 Å². The number of halogens is 2. The van der Waals surface area contributed by atoms with Crippen LogP contribution in [0.3, 0.4) is 0 Å². The highest BCUT2D eigenvalue weighted by molar-refractivity contribution is 7.90. The van der Waals surface area contributed by atoms with Crippen molar-refractivity contribution in [3.05, 3.63) is 99.5 Å². The summed E-state index contributed by atoms with van der Waals surface area (Å²) in [6.07, 6.45) is 0.134. The van der Waals surface area contributed by atoms with Crippen LogP contribution < -0.4 is 5.32 Å². The molecule has 4 rings (SSSR count). The number of rotatable bonds is 8. The fourth-order valence-electron chi connectivity index (χ4n) is 4.18. The van der Waals surface area contributed by atoms with E-state index in [9.17, 15) is 22.8 Å². The third kappa shape index (κ3) is 5.34.